The van der Waals surface area contributed by atoms with Gasteiger partial charge in [-0.1, -0.05) is 6.92 Å². The number of likely N-dealkylation sites (tertiary alicyclic amines) is 1. The van der Waals surface area contributed by atoms with Crippen LogP contribution in [0.4, 0.5) is 0 Å². The summed E-state index contributed by atoms with van der Waals surface area (Å²) in [6, 6.07) is -2.38. The van der Waals surface area contributed by atoms with Crippen LogP contribution in [0.25, 0.3) is 0 Å². The number of ether oxygens (including phenoxy) is 1. The lowest BCUT2D eigenvalue weighted by Crippen LogP contribution is -2.56. The molecular formula is C21H31N6O6+. The van der Waals surface area contributed by atoms with Crippen molar-refractivity contribution in [3.8, 4) is 0 Å². The highest BCUT2D eigenvalue weighted by Crippen LogP contribution is 2.19. The first-order valence-corrected chi connectivity index (χ1v) is 11.2. The summed E-state index contributed by atoms with van der Waals surface area (Å²) in [7, 11) is 0. The number of aromatic nitrogens is 2. The molecule has 5 N–H and O–H groups in total. The minimum absolute atomic E-state index is 0.0181. The summed E-state index contributed by atoms with van der Waals surface area (Å²) in [5.74, 6) is -1.97. The molecule has 2 fully saturated rings. The van der Waals surface area contributed by atoms with E-state index in [1.807, 2.05) is 6.92 Å². The summed E-state index contributed by atoms with van der Waals surface area (Å²) in [5, 5.41) is 5.32. The Morgan fingerprint density at radius 1 is 1.33 bits per heavy atom. The summed E-state index contributed by atoms with van der Waals surface area (Å²) in [5.41, 5.74) is 6.07. The van der Waals surface area contributed by atoms with Crippen molar-refractivity contribution in [1.29, 1.82) is 0 Å². The van der Waals surface area contributed by atoms with Gasteiger partial charge in [-0.05, 0) is 25.7 Å². The number of hydrogen-bond acceptors (Lipinski definition) is 6. The Hall–Kier alpha value is -3.44. The fourth-order valence-corrected chi connectivity index (χ4v) is 4.08. The van der Waals surface area contributed by atoms with Crippen LogP contribution < -0.4 is 20.9 Å². The molecule has 0 saturated carbocycles. The van der Waals surface area contributed by atoms with E-state index in [0.29, 0.717) is 44.3 Å². The lowest BCUT2D eigenvalue weighted by atomic mass is 10.1. The van der Waals surface area contributed by atoms with Gasteiger partial charge in [0.15, 0.2) is 0 Å². The predicted octanol–water partition coefficient (Wildman–Crippen LogP) is -1.61. The quantitative estimate of drug-likeness (QED) is 0.240. The van der Waals surface area contributed by atoms with Crippen molar-refractivity contribution in [2.75, 3.05) is 6.54 Å². The van der Waals surface area contributed by atoms with Crippen LogP contribution in [0.3, 0.4) is 0 Å². The maximum atomic E-state index is 13.3. The number of aromatic amines is 1. The zero-order valence-corrected chi connectivity index (χ0v) is 18.7. The van der Waals surface area contributed by atoms with E-state index < -0.39 is 35.8 Å². The first-order chi connectivity index (χ1) is 15.8. The first kappa shape index (κ1) is 24.2. The monoisotopic (exact) mass is 463 g/mol. The van der Waals surface area contributed by atoms with Crippen molar-refractivity contribution in [2.45, 2.75) is 76.7 Å². The van der Waals surface area contributed by atoms with Gasteiger partial charge in [0.2, 0.25) is 36.7 Å². The third kappa shape index (κ3) is 6.30. The Kier molecular flexibility index (Phi) is 8.01. The van der Waals surface area contributed by atoms with Gasteiger partial charge in [0.05, 0.1) is 0 Å². The molecule has 4 amide bonds. The molecule has 2 unspecified atom stereocenters. The number of rotatable bonds is 10. The number of H-pyrrole nitrogens is 1. The average molecular weight is 464 g/mol. The Bertz CT molecular complexity index is 915. The van der Waals surface area contributed by atoms with Gasteiger partial charge >= 0.3 is 5.97 Å². The zero-order chi connectivity index (χ0) is 24.0. The molecule has 12 heteroatoms. The molecule has 3 atom stereocenters. The largest absolute Gasteiger partial charge is 0.425 e. The highest BCUT2D eigenvalue weighted by molar-refractivity contribution is 5.95. The lowest BCUT2D eigenvalue weighted by molar-refractivity contribution is -0.726. The lowest BCUT2D eigenvalue weighted by Gasteiger charge is -2.28. The highest BCUT2D eigenvalue weighted by Gasteiger charge is 2.38. The van der Waals surface area contributed by atoms with Gasteiger partial charge in [-0.25, -0.2) is 9.55 Å². The van der Waals surface area contributed by atoms with Crippen molar-refractivity contribution in [3.05, 3.63) is 18.2 Å². The zero-order valence-electron chi connectivity index (χ0n) is 18.7. The fraction of sp³-hybridized carbons (Fsp3) is 0.619. The third-order valence-corrected chi connectivity index (χ3v) is 5.78. The number of nitrogens with two attached hydrogens (primary N) is 1. The van der Waals surface area contributed by atoms with Crippen molar-refractivity contribution in [2.24, 2.45) is 5.73 Å². The Balaban J connectivity index is 1.71. The molecule has 2 aliphatic rings. The van der Waals surface area contributed by atoms with E-state index in [-0.39, 0.29) is 31.4 Å². The van der Waals surface area contributed by atoms with Crippen LogP contribution in [0.2, 0.25) is 0 Å². The second-order valence-corrected chi connectivity index (χ2v) is 8.35. The van der Waals surface area contributed by atoms with Crippen LogP contribution >= 0.6 is 0 Å². The number of nitrogens with one attached hydrogen (secondary N) is 3. The Morgan fingerprint density at radius 2 is 2.12 bits per heavy atom. The summed E-state index contributed by atoms with van der Waals surface area (Å²) >= 11 is 0. The summed E-state index contributed by atoms with van der Waals surface area (Å²) in [6.45, 7) is 2.27. The molecule has 3 heterocycles. The minimum Gasteiger partial charge on any atom is -0.425 e. The maximum absolute atomic E-state index is 13.3. The van der Waals surface area contributed by atoms with Crippen LogP contribution in [-0.4, -0.2) is 64.2 Å². The average Bonchev–Trinajstić information content (AvgIpc) is 3.52. The number of carbonyl (C=O) groups excluding carboxylic acids is 5. The minimum atomic E-state index is -0.968. The second-order valence-electron chi connectivity index (χ2n) is 8.35. The van der Waals surface area contributed by atoms with Crippen LogP contribution in [0.15, 0.2) is 12.5 Å². The molecule has 33 heavy (non-hydrogen) atoms. The van der Waals surface area contributed by atoms with Gasteiger partial charge in [0, 0.05) is 25.8 Å². The Labute approximate surface area is 191 Å². The van der Waals surface area contributed by atoms with Crippen LogP contribution in [0, 0.1) is 0 Å². The van der Waals surface area contributed by atoms with Crippen LogP contribution in [-0.2, 0) is 41.9 Å². The van der Waals surface area contributed by atoms with E-state index in [1.165, 1.54) is 4.90 Å². The normalized spacial score (nSPS) is 20.9. The van der Waals surface area contributed by atoms with E-state index in [4.69, 9.17) is 10.5 Å². The fourth-order valence-electron chi connectivity index (χ4n) is 4.08. The molecule has 0 aliphatic carbocycles. The van der Waals surface area contributed by atoms with E-state index >= 15 is 0 Å². The number of esters is 1. The van der Waals surface area contributed by atoms with Crippen molar-refractivity contribution >= 4 is 29.6 Å². The van der Waals surface area contributed by atoms with Gasteiger partial charge < -0.3 is 26.0 Å². The number of amides is 4. The smallest absolute Gasteiger partial charge is 0.308 e. The number of imidazole rings is 1. The van der Waals surface area contributed by atoms with E-state index in [2.05, 4.69) is 15.6 Å². The van der Waals surface area contributed by atoms with Gasteiger partial charge in [0.25, 0.3) is 0 Å². The van der Waals surface area contributed by atoms with Gasteiger partial charge in [-0.2, -0.15) is 0 Å². The van der Waals surface area contributed by atoms with Crippen molar-refractivity contribution < 1.29 is 33.3 Å². The summed E-state index contributed by atoms with van der Waals surface area (Å²) < 4.78 is 6.78. The molecule has 0 radical (unpaired) electrons. The van der Waals surface area contributed by atoms with E-state index in [1.54, 1.807) is 17.1 Å². The summed E-state index contributed by atoms with van der Waals surface area (Å²) in [6.07, 6.45) is 6.13. The van der Waals surface area contributed by atoms with Crippen LogP contribution in [0.5, 0.6) is 0 Å². The van der Waals surface area contributed by atoms with Crippen molar-refractivity contribution in [1.82, 2.24) is 20.5 Å². The van der Waals surface area contributed by atoms with Gasteiger partial charge in [-0.3, -0.25) is 24.0 Å². The van der Waals surface area contributed by atoms with E-state index in [0.717, 1.165) is 0 Å². The van der Waals surface area contributed by atoms with Gasteiger partial charge in [-0.15, -0.1) is 0 Å². The predicted molar refractivity (Wildman–Crippen MR) is 113 cm³/mol. The number of primary amides is 1. The highest BCUT2D eigenvalue weighted by atomic mass is 16.5. The first-order valence-electron chi connectivity index (χ1n) is 11.2. The van der Waals surface area contributed by atoms with Crippen LogP contribution in [0.1, 0.15) is 51.1 Å². The molecule has 180 valence electrons. The summed E-state index contributed by atoms with van der Waals surface area (Å²) in [4.78, 5) is 65.3. The SMILES string of the molecule is CCCC(=O)OC[n+]1c[nH]c(C[C@H](NC(=O)C2CCC(=O)N2)C(=O)N2CCCC2C(N)=O)c1. The topological polar surface area (TPSA) is 168 Å². The van der Waals surface area contributed by atoms with Gasteiger partial charge in [0.1, 0.15) is 30.0 Å². The standard InChI is InChI=1S/C21H30N6O6/c1-2-4-18(29)33-12-26-10-13(23-11-26)9-15(25-20(31)14-6-7-17(28)24-14)21(32)27-8-3-5-16(27)19(22)30/h10-11,14-16H,2-9,12H2,1H3,(H4,22,24,25,28,30,31)/p+1/t14?,15-,16?/m0/s1. The Morgan fingerprint density at radius 3 is 2.79 bits per heavy atom. The third-order valence-electron chi connectivity index (χ3n) is 5.78. The molecule has 2 aliphatic heterocycles. The molecular weight excluding hydrogens is 432 g/mol. The molecule has 2 saturated heterocycles. The molecule has 1 aromatic rings. The number of carbonyl (C=O) groups is 5. The molecule has 0 aromatic carbocycles. The van der Waals surface area contributed by atoms with E-state index in [9.17, 15) is 24.0 Å². The number of hydrogen-bond donors (Lipinski definition) is 4. The molecule has 12 nitrogen and oxygen atoms in total. The molecule has 3 rings (SSSR count). The second kappa shape index (κ2) is 10.9. The van der Waals surface area contributed by atoms with Crippen molar-refractivity contribution in [3.63, 3.8) is 0 Å². The molecule has 0 spiro atoms. The number of nitrogens with zero attached hydrogens (tertiary/aromatic N) is 2. The maximum Gasteiger partial charge on any atom is 0.308 e. The molecule has 0 bridgehead atoms. The molecule has 1 aromatic heterocycles.